The van der Waals surface area contributed by atoms with E-state index in [4.69, 9.17) is 0 Å². The van der Waals surface area contributed by atoms with Gasteiger partial charge >= 0.3 is 0 Å². The highest BCUT2D eigenvalue weighted by atomic mass is 16.2. The highest BCUT2D eigenvalue weighted by Crippen LogP contribution is 2.26. The predicted octanol–water partition coefficient (Wildman–Crippen LogP) is 2.94. The van der Waals surface area contributed by atoms with Crippen LogP contribution in [0.2, 0.25) is 0 Å². The Hall–Kier alpha value is -2.71. The largest absolute Gasteiger partial charge is 0.370 e. The number of aromatic amines is 1. The first-order chi connectivity index (χ1) is 17.2. The van der Waals surface area contributed by atoms with Crippen LogP contribution in [-0.2, 0) is 13.1 Å². The number of hydrogen-bond donors (Lipinski definition) is 3. The summed E-state index contributed by atoms with van der Waals surface area (Å²) in [5, 5.41) is 7.03. The Kier molecular flexibility index (Phi) is 8.10. The maximum Gasteiger partial charge on any atom is 0.254 e. The zero-order chi connectivity index (χ0) is 23.9. The summed E-state index contributed by atoms with van der Waals surface area (Å²) < 4.78 is 0. The third-order valence-electron chi connectivity index (χ3n) is 7.67. The van der Waals surface area contributed by atoms with E-state index in [1.165, 1.54) is 63.6 Å². The third kappa shape index (κ3) is 6.49. The number of H-pyrrole nitrogens is 1. The first kappa shape index (κ1) is 24.0. The molecule has 35 heavy (non-hydrogen) atoms. The Morgan fingerprint density at radius 3 is 2.54 bits per heavy atom. The molecule has 5 rings (SSSR count). The Morgan fingerprint density at radius 1 is 1.06 bits per heavy atom. The molecule has 0 unspecified atom stereocenters. The van der Waals surface area contributed by atoms with E-state index in [9.17, 15) is 4.79 Å². The van der Waals surface area contributed by atoms with Crippen LogP contribution in [0.3, 0.4) is 0 Å². The molecule has 3 N–H and O–H groups in total. The Morgan fingerprint density at radius 2 is 1.86 bits per heavy atom. The second kappa shape index (κ2) is 11.8. The maximum absolute atomic E-state index is 13.3. The molecule has 0 spiro atoms. The summed E-state index contributed by atoms with van der Waals surface area (Å²) in [6.07, 6.45) is 12.8. The lowest BCUT2D eigenvalue weighted by Crippen LogP contribution is -2.44. The summed E-state index contributed by atoms with van der Waals surface area (Å²) >= 11 is 0. The normalized spacial score (nSPS) is 23.0. The molecule has 8 heteroatoms. The minimum atomic E-state index is -0.00616. The minimum Gasteiger partial charge on any atom is -0.370 e. The van der Waals surface area contributed by atoms with Crippen molar-refractivity contribution in [2.75, 3.05) is 32.7 Å². The van der Waals surface area contributed by atoms with Gasteiger partial charge in [-0.25, -0.2) is 4.98 Å². The average molecular weight is 478 g/mol. The molecule has 0 atom stereocenters. The number of likely N-dealkylation sites (tertiary alicyclic amines) is 1. The van der Waals surface area contributed by atoms with Gasteiger partial charge in [-0.1, -0.05) is 18.6 Å². The highest BCUT2D eigenvalue weighted by Gasteiger charge is 2.26. The van der Waals surface area contributed by atoms with Crippen LogP contribution in [0, 0.1) is 0 Å². The number of hydrogen-bond acceptors (Lipinski definition) is 6. The van der Waals surface area contributed by atoms with E-state index in [0.29, 0.717) is 24.7 Å². The standard InChI is InChI=1S/C27H39N7O/c35-27(34(19-25-28-12-13-29-25)20-26-30-14-15-31-26)22-6-4-21(5-7-22)18-32-23-8-10-24(11-9-23)33-16-2-1-3-17-33/h4-7,12-13,23-24,32H,1-3,8-11,14-20H2,(H,28,29)(H,30,31). The van der Waals surface area contributed by atoms with Gasteiger partial charge in [-0.05, 0) is 69.3 Å². The molecule has 1 aliphatic carbocycles. The molecular formula is C27H39N7O. The number of amides is 1. The summed E-state index contributed by atoms with van der Waals surface area (Å²) in [5.74, 6) is 1.63. The monoisotopic (exact) mass is 477 g/mol. The van der Waals surface area contributed by atoms with Crippen LogP contribution in [0.25, 0.3) is 0 Å². The minimum absolute atomic E-state index is 0.00616. The quantitative estimate of drug-likeness (QED) is 0.517. The fourth-order valence-corrected chi connectivity index (χ4v) is 5.64. The van der Waals surface area contributed by atoms with Gasteiger partial charge in [-0.15, -0.1) is 0 Å². The van der Waals surface area contributed by atoms with Gasteiger partial charge < -0.3 is 25.4 Å². The molecule has 8 nitrogen and oxygen atoms in total. The van der Waals surface area contributed by atoms with Crippen molar-refractivity contribution in [1.29, 1.82) is 0 Å². The average Bonchev–Trinajstić information content (AvgIpc) is 3.63. The summed E-state index contributed by atoms with van der Waals surface area (Å²) in [6, 6.07) is 9.46. The molecule has 0 bridgehead atoms. The van der Waals surface area contributed by atoms with E-state index in [2.05, 4.69) is 42.6 Å². The van der Waals surface area contributed by atoms with Gasteiger partial charge in [-0.2, -0.15) is 0 Å². The first-order valence-electron chi connectivity index (χ1n) is 13.4. The van der Waals surface area contributed by atoms with Crippen molar-refractivity contribution in [1.82, 2.24) is 30.4 Å². The molecular weight excluding hydrogens is 438 g/mol. The van der Waals surface area contributed by atoms with E-state index in [-0.39, 0.29) is 5.91 Å². The van der Waals surface area contributed by atoms with Crippen molar-refractivity contribution < 1.29 is 4.79 Å². The van der Waals surface area contributed by atoms with Crippen molar-refractivity contribution in [3.05, 3.63) is 53.6 Å². The number of benzene rings is 1. The molecule has 2 fully saturated rings. The van der Waals surface area contributed by atoms with Crippen LogP contribution in [-0.4, -0.2) is 76.3 Å². The molecule has 188 valence electrons. The number of nitrogens with zero attached hydrogens (tertiary/aromatic N) is 4. The summed E-state index contributed by atoms with van der Waals surface area (Å²) in [5.41, 5.74) is 1.92. The number of nitrogens with one attached hydrogen (secondary N) is 3. The fraction of sp³-hybridized carbons (Fsp3) is 0.593. The number of carbonyl (C=O) groups excluding carboxylic acids is 1. The highest BCUT2D eigenvalue weighted by molar-refractivity contribution is 5.97. The van der Waals surface area contributed by atoms with Crippen LogP contribution in [0.15, 0.2) is 41.7 Å². The summed E-state index contributed by atoms with van der Waals surface area (Å²) in [7, 11) is 0. The van der Waals surface area contributed by atoms with Crippen LogP contribution >= 0.6 is 0 Å². The maximum atomic E-state index is 13.3. The zero-order valence-corrected chi connectivity index (χ0v) is 20.7. The summed E-state index contributed by atoms with van der Waals surface area (Å²) in [4.78, 5) is 29.7. The number of imidazole rings is 1. The number of piperidine rings is 1. The number of aromatic nitrogens is 2. The Bertz CT molecular complexity index is 958. The lowest BCUT2D eigenvalue weighted by atomic mass is 9.89. The first-order valence-corrected chi connectivity index (χ1v) is 13.4. The van der Waals surface area contributed by atoms with Crippen molar-refractivity contribution in [2.24, 2.45) is 4.99 Å². The zero-order valence-electron chi connectivity index (χ0n) is 20.7. The van der Waals surface area contributed by atoms with Crippen LogP contribution in [0.1, 0.15) is 66.7 Å². The van der Waals surface area contributed by atoms with Crippen molar-refractivity contribution in [2.45, 2.75) is 70.1 Å². The molecule has 1 saturated heterocycles. The fourth-order valence-electron chi connectivity index (χ4n) is 5.64. The third-order valence-corrected chi connectivity index (χ3v) is 7.67. The number of aliphatic imine (C=N–C) groups is 1. The van der Waals surface area contributed by atoms with Gasteiger partial charge in [0.1, 0.15) is 11.7 Å². The Labute approximate surface area is 208 Å². The van der Waals surface area contributed by atoms with Gasteiger partial charge in [0.05, 0.1) is 19.6 Å². The SMILES string of the molecule is O=C(c1ccc(CNC2CCC(N3CCCCC3)CC2)cc1)N(CC1=NCCN1)Cc1ncc[nH]1. The molecule has 0 radical (unpaired) electrons. The number of carbonyl (C=O) groups is 1. The molecule has 2 aromatic rings. The topological polar surface area (TPSA) is 88.7 Å². The lowest BCUT2D eigenvalue weighted by Gasteiger charge is -2.39. The second-order valence-corrected chi connectivity index (χ2v) is 10.1. The number of amidine groups is 1. The van der Waals surface area contributed by atoms with Gasteiger partial charge in [0.2, 0.25) is 0 Å². The van der Waals surface area contributed by atoms with E-state index in [1.807, 2.05) is 12.1 Å². The predicted molar refractivity (Wildman–Crippen MR) is 138 cm³/mol. The summed E-state index contributed by atoms with van der Waals surface area (Å²) in [6.45, 7) is 5.94. The van der Waals surface area contributed by atoms with Gasteiger partial charge in [0.15, 0.2) is 0 Å². The van der Waals surface area contributed by atoms with E-state index < -0.39 is 0 Å². The van der Waals surface area contributed by atoms with Crippen molar-refractivity contribution >= 4 is 11.7 Å². The molecule has 3 aliphatic rings. The molecule has 1 aromatic carbocycles. The second-order valence-electron chi connectivity index (χ2n) is 10.1. The van der Waals surface area contributed by atoms with Crippen LogP contribution < -0.4 is 10.6 Å². The van der Waals surface area contributed by atoms with Gasteiger partial charge in [-0.3, -0.25) is 9.79 Å². The smallest absolute Gasteiger partial charge is 0.254 e. The van der Waals surface area contributed by atoms with Crippen LogP contribution in [0.4, 0.5) is 0 Å². The van der Waals surface area contributed by atoms with Gasteiger partial charge in [0.25, 0.3) is 5.91 Å². The van der Waals surface area contributed by atoms with Crippen molar-refractivity contribution in [3.63, 3.8) is 0 Å². The van der Waals surface area contributed by atoms with E-state index >= 15 is 0 Å². The van der Waals surface area contributed by atoms with E-state index in [0.717, 1.165) is 37.3 Å². The van der Waals surface area contributed by atoms with E-state index in [1.54, 1.807) is 17.3 Å². The van der Waals surface area contributed by atoms with Crippen molar-refractivity contribution in [3.8, 4) is 0 Å². The lowest BCUT2D eigenvalue weighted by molar-refractivity contribution is 0.0764. The van der Waals surface area contributed by atoms with Crippen LogP contribution in [0.5, 0.6) is 0 Å². The van der Waals surface area contributed by atoms with Gasteiger partial charge in [0, 0.05) is 43.1 Å². The number of rotatable bonds is 9. The molecule has 1 amide bonds. The molecule has 1 aromatic heterocycles. The molecule has 3 heterocycles. The molecule has 1 saturated carbocycles. The Balaban J connectivity index is 1.12. The molecule has 2 aliphatic heterocycles.